The van der Waals surface area contributed by atoms with E-state index >= 15 is 0 Å². The Labute approximate surface area is 182 Å². The number of nitrogens with zero attached hydrogens (tertiary/aromatic N) is 5. The molecular weight excluding hydrogens is 440 g/mol. The van der Waals surface area contributed by atoms with E-state index in [9.17, 15) is 10.5 Å². The predicted octanol–water partition coefficient (Wildman–Crippen LogP) is 4.45. The van der Waals surface area contributed by atoms with Gasteiger partial charge in [0.2, 0.25) is 0 Å². The fourth-order valence-corrected chi connectivity index (χ4v) is 3.64. The van der Waals surface area contributed by atoms with Gasteiger partial charge in [0.15, 0.2) is 0 Å². The van der Waals surface area contributed by atoms with Gasteiger partial charge in [0.25, 0.3) is 0 Å². The van der Waals surface area contributed by atoms with Crippen LogP contribution in [0, 0.1) is 28.6 Å². The highest BCUT2D eigenvalue weighted by Crippen LogP contribution is 2.29. The summed E-state index contributed by atoms with van der Waals surface area (Å²) in [7, 11) is 0. The Bertz CT molecular complexity index is 1190. The highest BCUT2D eigenvalue weighted by Gasteiger charge is 2.37. The number of aromatic nitrogens is 1. The standard InChI is InChI=1S/C23H17BrN6/c24-17-8-10-18(11-9-17)29-12-4-7-20(29)13-16(14-25)22-21(15-26)23(27)30(28-22)19-5-2-1-3-6-19/h1-13,21,23H,27H2/b16-13-/t21-,23+/m1/s1. The van der Waals surface area contributed by atoms with Crippen LogP contribution in [0.5, 0.6) is 0 Å². The fraction of sp³-hybridized carbons (Fsp3) is 0.0870. The van der Waals surface area contributed by atoms with E-state index < -0.39 is 12.1 Å². The van der Waals surface area contributed by atoms with Gasteiger partial charge in [-0.3, -0.25) is 0 Å². The van der Waals surface area contributed by atoms with Crippen LogP contribution in [0.1, 0.15) is 5.69 Å². The Hall–Kier alpha value is -3.65. The normalized spacial score (nSPS) is 18.6. The molecule has 2 atom stereocenters. The van der Waals surface area contributed by atoms with E-state index in [0.717, 1.165) is 21.5 Å². The molecule has 6 nitrogen and oxygen atoms in total. The third-order valence-electron chi connectivity index (χ3n) is 4.87. The summed E-state index contributed by atoms with van der Waals surface area (Å²) in [5, 5.41) is 25.7. The van der Waals surface area contributed by atoms with Crippen LogP contribution in [0.2, 0.25) is 0 Å². The van der Waals surface area contributed by atoms with Crippen molar-refractivity contribution in [3.05, 3.63) is 88.7 Å². The number of hydrazone groups is 1. The maximum absolute atomic E-state index is 9.86. The minimum absolute atomic E-state index is 0.312. The molecule has 0 saturated heterocycles. The number of para-hydroxylation sites is 1. The summed E-state index contributed by atoms with van der Waals surface area (Å²) in [6.07, 6.45) is 3.00. The Balaban J connectivity index is 1.75. The Morgan fingerprint density at radius 1 is 1.00 bits per heavy atom. The SMILES string of the molecule is N#C/C(=C/c1cccn1-c1ccc(Br)cc1)C1=NN(c2ccccc2)[C@H](N)[C@@H]1C#N. The second kappa shape index (κ2) is 8.38. The lowest BCUT2D eigenvalue weighted by molar-refractivity contribution is 0.624. The number of nitriles is 2. The molecule has 3 aromatic rings. The molecule has 0 unspecified atom stereocenters. The quantitative estimate of drug-likeness (QED) is 0.586. The first-order chi connectivity index (χ1) is 14.6. The van der Waals surface area contributed by atoms with Crippen LogP contribution in [-0.4, -0.2) is 16.4 Å². The maximum atomic E-state index is 9.86. The van der Waals surface area contributed by atoms with Gasteiger partial charge >= 0.3 is 0 Å². The van der Waals surface area contributed by atoms with Crippen molar-refractivity contribution >= 4 is 33.4 Å². The maximum Gasteiger partial charge on any atom is 0.127 e. The van der Waals surface area contributed by atoms with Gasteiger partial charge in [-0.1, -0.05) is 34.1 Å². The lowest BCUT2D eigenvalue weighted by Gasteiger charge is -2.21. The predicted molar refractivity (Wildman–Crippen MR) is 120 cm³/mol. The molecule has 0 saturated carbocycles. The molecule has 0 amide bonds. The molecule has 1 aromatic heterocycles. The second-order valence-electron chi connectivity index (χ2n) is 6.71. The number of hydrogen-bond donors (Lipinski definition) is 1. The molecule has 30 heavy (non-hydrogen) atoms. The molecule has 2 N–H and O–H groups in total. The largest absolute Gasteiger partial charge is 0.317 e. The third-order valence-corrected chi connectivity index (χ3v) is 5.40. The van der Waals surface area contributed by atoms with E-state index in [-0.39, 0.29) is 0 Å². The summed E-state index contributed by atoms with van der Waals surface area (Å²) in [6.45, 7) is 0. The number of anilines is 1. The van der Waals surface area contributed by atoms with Crippen LogP contribution < -0.4 is 10.7 Å². The minimum Gasteiger partial charge on any atom is -0.317 e. The van der Waals surface area contributed by atoms with Crippen molar-refractivity contribution in [3.63, 3.8) is 0 Å². The van der Waals surface area contributed by atoms with Gasteiger partial charge in [-0.05, 0) is 54.6 Å². The van der Waals surface area contributed by atoms with Crippen molar-refractivity contribution in [3.8, 4) is 17.8 Å². The van der Waals surface area contributed by atoms with Crippen molar-refractivity contribution in [2.45, 2.75) is 6.17 Å². The topological polar surface area (TPSA) is 94.1 Å². The lowest BCUT2D eigenvalue weighted by Crippen LogP contribution is -2.40. The van der Waals surface area contributed by atoms with Crippen LogP contribution in [0.25, 0.3) is 11.8 Å². The molecule has 0 radical (unpaired) electrons. The number of nitrogens with two attached hydrogens (primary N) is 1. The van der Waals surface area contributed by atoms with E-state index in [2.05, 4.69) is 33.2 Å². The van der Waals surface area contributed by atoms with Crippen LogP contribution in [-0.2, 0) is 0 Å². The number of hydrogen-bond acceptors (Lipinski definition) is 5. The first kappa shape index (κ1) is 19.7. The smallest absolute Gasteiger partial charge is 0.127 e. The van der Waals surface area contributed by atoms with Crippen LogP contribution >= 0.6 is 15.9 Å². The van der Waals surface area contributed by atoms with Crippen molar-refractivity contribution < 1.29 is 0 Å². The number of rotatable bonds is 4. The highest BCUT2D eigenvalue weighted by molar-refractivity contribution is 9.10. The van der Waals surface area contributed by atoms with E-state index in [1.54, 1.807) is 11.1 Å². The van der Waals surface area contributed by atoms with Crippen LogP contribution in [0.15, 0.2) is 88.1 Å². The Morgan fingerprint density at radius 2 is 1.73 bits per heavy atom. The fourth-order valence-electron chi connectivity index (χ4n) is 3.38. The zero-order chi connectivity index (χ0) is 21.1. The molecule has 146 valence electrons. The summed E-state index contributed by atoms with van der Waals surface area (Å²) in [6, 6.07) is 25.5. The Morgan fingerprint density at radius 3 is 2.40 bits per heavy atom. The van der Waals surface area contributed by atoms with Gasteiger partial charge in [-0.25, -0.2) is 5.01 Å². The molecule has 0 aliphatic carbocycles. The average Bonchev–Trinajstić information content (AvgIpc) is 3.37. The molecule has 2 heterocycles. The van der Waals surface area contributed by atoms with E-state index in [1.165, 1.54) is 0 Å². The molecule has 0 spiro atoms. The summed E-state index contributed by atoms with van der Waals surface area (Å²) >= 11 is 3.44. The zero-order valence-corrected chi connectivity index (χ0v) is 17.4. The molecule has 0 fully saturated rings. The molecule has 1 aliphatic rings. The van der Waals surface area contributed by atoms with Crippen LogP contribution in [0.4, 0.5) is 5.69 Å². The van der Waals surface area contributed by atoms with E-state index in [0.29, 0.717) is 11.3 Å². The highest BCUT2D eigenvalue weighted by atomic mass is 79.9. The number of halogens is 1. The monoisotopic (exact) mass is 456 g/mol. The first-order valence-corrected chi connectivity index (χ1v) is 10.0. The van der Waals surface area contributed by atoms with E-state index in [4.69, 9.17) is 5.73 Å². The number of allylic oxidation sites excluding steroid dienone is 1. The lowest BCUT2D eigenvalue weighted by atomic mass is 9.96. The van der Waals surface area contributed by atoms with Crippen molar-refractivity contribution in [1.29, 1.82) is 10.5 Å². The van der Waals surface area contributed by atoms with Gasteiger partial charge in [0.1, 0.15) is 18.2 Å². The molecule has 2 aromatic carbocycles. The van der Waals surface area contributed by atoms with Gasteiger partial charge < -0.3 is 10.3 Å². The van der Waals surface area contributed by atoms with Gasteiger partial charge in [0, 0.05) is 22.1 Å². The summed E-state index contributed by atoms with van der Waals surface area (Å²) in [5.41, 5.74) is 9.52. The molecule has 4 rings (SSSR count). The summed E-state index contributed by atoms with van der Waals surface area (Å²) in [5.74, 6) is -0.716. The Kier molecular flexibility index (Phi) is 5.49. The molecule has 1 aliphatic heterocycles. The molecule has 7 heteroatoms. The number of benzene rings is 2. The minimum atomic E-state index is -0.716. The average molecular weight is 457 g/mol. The van der Waals surface area contributed by atoms with Crippen molar-refractivity contribution in [1.82, 2.24) is 4.57 Å². The van der Waals surface area contributed by atoms with E-state index in [1.807, 2.05) is 77.5 Å². The summed E-state index contributed by atoms with van der Waals surface area (Å²) in [4.78, 5) is 0. The summed E-state index contributed by atoms with van der Waals surface area (Å²) < 4.78 is 2.95. The van der Waals surface area contributed by atoms with Gasteiger partial charge in [-0.15, -0.1) is 0 Å². The third kappa shape index (κ3) is 3.65. The zero-order valence-electron chi connectivity index (χ0n) is 15.9. The van der Waals surface area contributed by atoms with Gasteiger partial charge in [-0.2, -0.15) is 15.6 Å². The molecular formula is C23H17BrN6. The van der Waals surface area contributed by atoms with Crippen molar-refractivity contribution in [2.24, 2.45) is 16.8 Å². The van der Waals surface area contributed by atoms with Crippen molar-refractivity contribution in [2.75, 3.05) is 5.01 Å². The van der Waals surface area contributed by atoms with Crippen LogP contribution in [0.3, 0.4) is 0 Å². The molecule has 0 bridgehead atoms. The second-order valence-corrected chi connectivity index (χ2v) is 7.63. The van der Waals surface area contributed by atoms with Gasteiger partial charge in [0.05, 0.1) is 23.0 Å². The first-order valence-electron chi connectivity index (χ1n) is 9.26.